The zero-order valence-corrected chi connectivity index (χ0v) is 23.3. The molecule has 1 N–H and O–H groups in total. The minimum Gasteiger partial charge on any atom is -0.354 e. The number of benzene rings is 2. The Labute approximate surface area is 216 Å². The lowest BCUT2D eigenvalue weighted by Crippen LogP contribution is -2.48. The molecule has 0 aliphatic heterocycles. The first kappa shape index (κ1) is 29.4. The van der Waals surface area contributed by atoms with Gasteiger partial charge in [-0.2, -0.15) is 0 Å². The smallest absolute Gasteiger partial charge is 0.242 e. The number of aryl methyl sites for hydroxylation is 3. The highest BCUT2D eigenvalue weighted by atomic mass is 32.2. The number of hydrogen-bond donors (Lipinski definition) is 1. The molecule has 7 nitrogen and oxygen atoms in total. The van der Waals surface area contributed by atoms with Gasteiger partial charge >= 0.3 is 0 Å². The Morgan fingerprint density at radius 1 is 0.944 bits per heavy atom. The fraction of sp³-hybridized carbons (Fsp3) is 0.500. The van der Waals surface area contributed by atoms with Gasteiger partial charge in [-0.15, -0.1) is 0 Å². The molecule has 0 spiro atoms. The molecule has 0 fully saturated rings. The van der Waals surface area contributed by atoms with E-state index in [1.807, 2.05) is 63.2 Å². The highest BCUT2D eigenvalue weighted by Crippen LogP contribution is 2.22. The van der Waals surface area contributed by atoms with Crippen molar-refractivity contribution in [1.29, 1.82) is 0 Å². The van der Waals surface area contributed by atoms with Crippen molar-refractivity contribution >= 4 is 27.5 Å². The van der Waals surface area contributed by atoms with Crippen molar-refractivity contribution < 1.29 is 18.0 Å². The molecule has 0 aromatic heterocycles. The molecule has 0 saturated heterocycles. The first-order valence-electron chi connectivity index (χ1n) is 12.6. The SMILES string of the molecule is CCCCNC(=O)[C@H](C)N(Cc1ccc(C)cc1)C(=O)CCCN(c1cc(C)cc(C)c1)S(C)(=O)=O. The van der Waals surface area contributed by atoms with Gasteiger partial charge in [0.25, 0.3) is 0 Å². The topological polar surface area (TPSA) is 86.8 Å². The van der Waals surface area contributed by atoms with Crippen molar-refractivity contribution in [1.82, 2.24) is 10.2 Å². The number of unbranched alkanes of at least 4 members (excludes halogenated alkanes) is 1. The lowest BCUT2D eigenvalue weighted by atomic mass is 10.1. The van der Waals surface area contributed by atoms with E-state index in [0.717, 1.165) is 35.1 Å². The monoisotopic (exact) mass is 515 g/mol. The predicted molar refractivity (Wildman–Crippen MR) is 146 cm³/mol. The molecule has 0 unspecified atom stereocenters. The highest BCUT2D eigenvalue weighted by Gasteiger charge is 2.26. The summed E-state index contributed by atoms with van der Waals surface area (Å²) >= 11 is 0. The minimum absolute atomic E-state index is 0.134. The average molecular weight is 516 g/mol. The summed E-state index contributed by atoms with van der Waals surface area (Å²) in [6.45, 7) is 10.7. The van der Waals surface area contributed by atoms with E-state index in [0.29, 0.717) is 25.2 Å². The van der Waals surface area contributed by atoms with E-state index in [1.165, 1.54) is 10.6 Å². The van der Waals surface area contributed by atoms with Crippen LogP contribution < -0.4 is 9.62 Å². The average Bonchev–Trinajstić information content (AvgIpc) is 2.79. The molecule has 2 amide bonds. The van der Waals surface area contributed by atoms with Crippen LogP contribution in [0.3, 0.4) is 0 Å². The normalized spacial score (nSPS) is 12.2. The van der Waals surface area contributed by atoms with Crippen molar-refractivity contribution in [2.24, 2.45) is 0 Å². The van der Waals surface area contributed by atoms with E-state index >= 15 is 0 Å². The molecule has 0 saturated carbocycles. The largest absolute Gasteiger partial charge is 0.354 e. The second-order valence-electron chi connectivity index (χ2n) is 9.61. The number of rotatable bonds is 13. The zero-order valence-electron chi connectivity index (χ0n) is 22.5. The molecule has 0 bridgehead atoms. The number of nitrogens with zero attached hydrogens (tertiary/aromatic N) is 2. The summed E-state index contributed by atoms with van der Waals surface area (Å²) in [5.41, 5.74) is 4.61. The van der Waals surface area contributed by atoms with E-state index in [-0.39, 0.29) is 24.8 Å². The van der Waals surface area contributed by atoms with Gasteiger partial charge in [0.2, 0.25) is 21.8 Å². The number of carbonyl (C=O) groups is 2. The van der Waals surface area contributed by atoms with Crippen LogP contribution in [-0.4, -0.2) is 50.5 Å². The Balaban J connectivity index is 2.16. The molecule has 2 aromatic rings. The van der Waals surface area contributed by atoms with E-state index in [2.05, 4.69) is 12.2 Å². The van der Waals surface area contributed by atoms with E-state index in [4.69, 9.17) is 0 Å². The molecule has 0 radical (unpaired) electrons. The van der Waals surface area contributed by atoms with Gasteiger partial charge in [-0.25, -0.2) is 8.42 Å². The lowest BCUT2D eigenvalue weighted by Gasteiger charge is -2.29. The van der Waals surface area contributed by atoms with Gasteiger partial charge in [0, 0.05) is 26.1 Å². The minimum atomic E-state index is -3.52. The van der Waals surface area contributed by atoms with E-state index in [1.54, 1.807) is 11.8 Å². The van der Waals surface area contributed by atoms with Crippen LogP contribution in [0.5, 0.6) is 0 Å². The van der Waals surface area contributed by atoms with Crippen LogP contribution in [-0.2, 0) is 26.2 Å². The molecular formula is C28H41N3O4S. The number of nitrogens with one attached hydrogen (secondary N) is 1. The standard InChI is InChI=1S/C28H41N3O4S/c1-7-8-15-29-28(33)24(5)30(20-25-13-11-21(2)12-14-25)27(32)10-9-16-31(36(6,34)35)26-18-22(3)17-23(4)19-26/h11-14,17-19,24H,7-10,15-16,20H2,1-6H3,(H,29,33)/t24-/m0/s1. The second-order valence-corrected chi connectivity index (χ2v) is 11.5. The molecule has 198 valence electrons. The summed E-state index contributed by atoms with van der Waals surface area (Å²) in [5, 5.41) is 2.92. The lowest BCUT2D eigenvalue weighted by molar-refractivity contribution is -0.140. The van der Waals surface area contributed by atoms with Crippen LogP contribution in [0.4, 0.5) is 5.69 Å². The summed E-state index contributed by atoms with van der Waals surface area (Å²) in [5.74, 6) is -0.362. The molecule has 8 heteroatoms. The Morgan fingerprint density at radius 3 is 2.11 bits per heavy atom. The maximum atomic E-state index is 13.3. The van der Waals surface area contributed by atoms with Gasteiger partial charge in [0.05, 0.1) is 11.9 Å². The maximum Gasteiger partial charge on any atom is 0.242 e. The van der Waals surface area contributed by atoms with Crippen molar-refractivity contribution in [3.8, 4) is 0 Å². The molecular weight excluding hydrogens is 474 g/mol. The zero-order chi connectivity index (χ0) is 26.9. The molecule has 0 heterocycles. The quantitative estimate of drug-likeness (QED) is 0.398. The van der Waals surface area contributed by atoms with Crippen LogP contribution in [0, 0.1) is 20.8 Å². The third kappa shape index (κ3) is 8.97. The molecule has 2 rings (SSSR count). The third-order valence-corrected chi connectivity index (χ3v) is 7.31. The fourth-order valence-corrected chi connectivity index (χ4v) is 5.06. The summed E-state index contributed by atoms with van der Waals surface area (Å²) < 4.78 is 26.4. The maximum absolute atomic E-state index is 13.3. The third-order valence-electron chi connectivity index (χ3n) is 6.12. The number of sulfonamides is 1. The molecule has 36 heavy (non-hydrogen) atoms. The Kier molecular flexibility index (Phi) is 11.0. The summed E-state index contributed by atoms with van der Waals surface area (Å²) in [6, 6.07) is 12.9. The molecule has 0 aliphatic rings. The van der Waals surface area contributed by atoms with Crippen LogP contribution >= 0.6 is 0 Å². The molecule has 2 aromatic carbocycles. The van der Waals surface area contributed by atoms with E-state index in [9.17, 15) is 18.0 Å². The van der Waals surface area contributed by atoms with Gasteiger partial charge in [0.15, 0.2) is 0 Å². The van der Waals surface area contributed by atoms with Gasteiger partial charge in [-0.1, -0.05) is 49.2 Å². The molecule has 0 aliphatic carbocycles. The van der Waals surface area contributed by atoms with Crippen LogP contribution in [0.1, 0.15) is 61.8 Å². The van der Waals surface area contributed by atoms with Gasteiger partial charge in [0.1, 0.15) is 6.04 Å². The van der Waals surface area contributed by atoms with Crippen molar-refractivity contribution in [3.05, 3.63) is 64.7 Å². The summed E-state index contributed by atoms with van der Waals surface area (Å²) in [7, 11) is -3.52. The van der Waals surface area contributed by atoms with Gasteiger partial charge in [-0.05, 0) is 69.4 Å². The Bertz CT molecular complexity index is 1110. The van der Waals surface area contributed by atoms with Crippen LogP contribution in [0.25, 0.3) is 0 Å². The summed E-state index contributed by atoms with van der Waals surface area (Å²) in [6.07, 6.45) is 3.50. The highest BCUT2D eigenvalue weighted by molar-refractivity contribution is 7.92. The van der Waals surface area contributed by atoms with Gasteiger partial charge in [-0.3, -0.25) is 13.9 Å². The Morgan fingerprint density at radius 2 is 1.56 bits per heavy atom. The van der Waals surface area contributed by atoms with Crippen LogP contribution in [0.2, 0.25) is 0 Å². The first-order valence-corrected chi connectivity index (χ1v) is 14.5. The van der Waals surface area contributed by atoms with Crippen molar-refractivity contribution in [3.63, 3.8) is 0 Å². The van der Waals surface area contributed by atoms with E-state index < -0.39 is 16.1 Å². The van der Waals surface area contributed by atoms with Crippen molar-refractivity contribution in [2.75, 3.05) is 23.7 Å². The van der Waals surface area contributed by atoms with Crippen LogP contribution in [0.15, 0.2) is 42.5 Å². The Hall–Kier alpha value is -2.87. The first-order chi connectivity index (χ1) is 16.9. The van der Waals surface area contributed by atoms with Gasteiger partial charge < -0.3 is 10.2 Å². The number of hydrogen-bond acceptors (Lipinski definition) is 4. The predicted octanol–water partition coefficient (Wildman–Crippen LogP) is 4.49. The fourth-order valence-electron chi connectivity index (χ4n) is 4.11. The second kappa shape index (κ2) is 13.4. The number of carbonyl (C=O) groups excluding carboxylic acids is 2. The molecule has 1 atom stereocenters. The summed E-state index contributed by atoms with van der Waals surface area (Å²) in [4.78, 5) is 27.7. The van der Waals surface area contributed by atoms with Crippen molar-refractivity contribution in [2.45, 2.75) is 72.9 Å². The number of anilines is 1. The number of amides is 2.